The van der Waals surface area contributed by atoms with Crippen molar-refractivity contribution in [3.63, 3.8) is 0 Å². The monoisotopic (exact) mass is 159 g/mol. The van der Waals surface area contributed by atoms with E-state index in [0.29, 0.717) is 0 Å². The third-order valence-corrected chi connectivity index (χ3v) is 1.30. The smallest absolute Gasteiger partial charge is 0.310 e. The number of amides is 1. The van der Waals surface area contributed by atoms with Crippen LogP contribution < -0.4 is 5.43 Å². The van der Waals surface area contributed by atoms with Crippen LogP contribution in [0, 0.1) is 0 Å². The average Bonchev–Trinajstić information content (AvgIpc) is 1.95. The van der Waals surface area contributed by atoms with Crippen LogP contribution in [0.5, 0.6) is 0 Å². The predicted molar refractivity (Wildman–Crippen MR) is 35.5 cm³/mol. The number of hydrogen-bond donors (Lipinski definition) is 0. The molecule has 1 aliphatic heterocycles. The number of hydrogen-bond acceptors (Lipinski definition) is 3. The highest BCUT2D eigenvalue weighted by molar-refractivity contribution is 6.43. The third-order valence-electron chi connectivity index (χ3n) is 0.948. The molecule has 10 heavy (non-hydrogen) atoms. The van der Waals surface area contributed by atoms with Gasteiger partial charge in [0, 0.05) is 0 Å². The van der Waals surface area contributed by atoms with Gasteiger partial charge in [-0.2, -0.15) is 5.10 Å². The maximum Gasteiger partial charge on any atom is 0.310 e. The summed E-state index contributed by atoms with van der Waals surface area (Å²) >= 11 is 5.45. The van der Waals surface area contributed by atoms with E-state index in [9.17, 15) is 4.79 Å². The fraction of sp³-hybridized carbons (Fsp3) is 0.200. The molecule has 0 aromatic heterocycles. The second-order valence-corrected chi connectivity index (χ2v) is 1.91. The van der Waals surface area contributed by atoms with Crippen LogP contribution in [0.3, 0.4) is 0 Å². The van der Waals surface area contributed by atoms with Crippen molar-refractivity contribution in [2.75, 3.05) is 7.11 Å². The topological polar surface area (TPSA) is 52.8 Å². The molecule has 1 heterocycles. The molecular weight excluding hydrogens is 156 g/mol. The zero-order chi connectivity index (χ0) is 7.56. The summed E-state index contributed by atoms with van der Waals surface area (Å²) in [6.07, 6.45) is 1.28. The maximum absolute atomic E-state index is 10.6. The van der Waals surface area contributed by atoms with Crippen molar-refractivity contribution in [2.24, 2.45) is 5.10 Å². The Morgan fingerprint density at radius 1 is 1.70 bits per heavy atom. The Bertz CT molecular complexity index is 222. The molecule has 0 aromatic carbocycles. The molecule has 1 aliphatic rings. The Morgan fingerprint density at radius 3 is 2.90 bits per heavy atom. The molecular formula is C5H4ClN2O2. The van der Waals surface area contributed by atoms with Crippen LogP contribution in [0.2, 0.25) is 0 Å². The van der Waals surface area contributed by atoms with Crippen molar-refractivity contribution in [3.05, 3.63) is 10.8 Å². The fourth-order valence-electron chi connectivity index (χ4n) is 0.482. The summed E-state index contributed by atoms with van der Waals surface area (Å²) in [7, 11) is 1.41. The van der Waals surface area contributed by atoms with Gasteiger partial charge in [-0.1, -0.05) is 11.6 Å². The van der Waals surface area contributed by atoms with Gasteiger partial charge in [0.15, 0.2) is 10.8 Å². The Labute approximate surface area is 62.5 Å². The first kappa shape index (κ1) is 7.08. The van der Waals surface area contributed by atoms with Crippen molar-refractivity contribution in [3.8, 4) is 0 Å². The highest BCUT2D eigenvalue weighted by Gasteiger charge is 2.17. The zero-order valence-corrected chi connectivity index (χ0v) is 5.92. The SMILES string of the molecule is COC1=C(Cl)C(=O)[N]N=C1. The average molecular weight is 160 g/mol. The van der Waals surface area contributed by atoms with Gasteiger partial charge in [-0.05, 0) is 0 Å². The van der Waals surface area contributed by atoms with Gasteiger partial charge < -0.3 is 4.74 Å². The lowest BCUT2D eigenvalue weighted by molar-refractivity contribution is -0.117. The molecule has 0 bridgehead atoms. The minimum Gasteiger partial charge on any atom is -0.493 e. The summed E-state index contributed by atoms with van der Waals surface area (Å²) in [5.74, 6) is -0.317. The highest BCUT2D eigenvalue weighted by Crippen LogP contribution is 2.11. The summed E-state index contributed by atoms with van der Waals surface area (Å²) < 4.78 is 4.69. The van der Waals surface area contributed by atoms with Gasteiger partial charge in [0.2, 0.25) is 0 Å². The molecule has 1 radical (unpaired) electrons. The molecule has 0 aromatic rings. The molecule has 0 spiro atoms. The van der Waals surface area contributed by atoms with E-state index in [0.717, 1.165) is 0 Å². The fourth-order valence-corrected chi connectivity index (χ4v) is 0.646. The third kappa shape index (κ3) is 1.11. The summed E-state index contributed by atoms with van der Waals surface area (Å²) in [5, 5.41) is 3.31. The Hall–Kier alpha value is -1.03. The lowest BCUT2D eigenvalue weighted by Crippen LogP contribution is -2.17. The van der Waals surface area contributed by atoms with Gasteiger partial charge in [-0.15, -0.1) is 5.43 Å². The number of methoxy groups -OCH3 is 1. The molecule has 1 rings (SSSR count). The molecule has 0 saturated carbocycles. The summed E-state index contributed by atoms with van der Waals surface area (Å²) in [5.41, 5.74) is 3.17. The van der Waals surface area contributed by atoms with Crippen LogP contribution in [0.25, 0.3) is 0 Å². The highest BCUT2D eigenvalue weighted by atomic mass is 35.5. The predicted octanol–water partition coefficient (Wildman–Crippen LogP) is 0.214. The van der Waals surface area contributed by atoms with E-state index in [-0.39, 0.29) is 10.8 Å². The normalized spacial score (nSPS) is 17.2. The second kappa shape index (κ2) is 2.70. The van der Waals surface area contributed by atoms with E-state index in [1.54, 1.807) is 0 Å². The van der Waals surface area contributed by atoms with Crippen LogP contribution >= 0.6 is 11.6 Å². The largest absolute Gasteiger partial charge is 0.493 e. The van der Waals surface area contributed by atoms with Gasteiger partial charge in [0.1, 0.15) is 0 Å². The van der Waals surface area contributed by atoms with Crippen LogP contribution in [-0.2, 0) is 9.53 Å². The quantitative estimate of drug-likeness (QED) is 0.549. The maximum atomic E-state index is 10.6. The molecule has 0 unspecified atom stereocenters. The lowest BCUT2D eigenvalue weighted by Gasteiger charge is -2.05. The molecule has 0 N–H and O–H groups in total. The minimum atomic E-state index is -0.569. The van der Waals surface area contributed by atoms with E-state index < -0.39 is 5.91 Å². The molecule has 0 aliphatic carbocycles. The number of halogens is 1. The van der Waals surface area contributed by atoms with Gasteiger partial charge >= 0.3 is 5.91 Å². The number of carbonyl (C=O) groups excluding carboxylic acids is 1. The number of allylic oxidation sites excluding steroid dienone is 1. The van der Waals surface area contributed by atoms with Crippen molar-refractivity contribution >= 4 is 23.7 Å². The molecule has 5 heteroatoms. The van der Waals surface area contributed by atoms with Crippen molar-refractivity contribution in [2.45, 2.75) is 0 Å². The second-order valence-electron chi connectivity index (χ2n) is 1.53. The Balaban J connectivity index is 2.93. The molecule has 4 nitrogen and oxygen atoms in total. The van der Waals surface area contributed by atoms with Crippen LogP contribution in [0.4, 0.5) is 0 Å². The molecule has 1 amide bonds. The summed E-state index contributed by atoms with van der Waals surface area (Å²) in [6, 6.07) is 0. The first-order valence-corrected chi connectivity index (χ1v) is 2.85. The van der Waals surface area contributed by atoms with Crippen molar-refractivity contribution in [1.82, 2.24) is 5.43 Å². The summed E-state index contributed by atoms with van der Waals surface area (Å²) in [6.45, 7) is 0. The van der Waals surface area contributed by atoms with Crippen LogP contribution in [0.1, 0.15) is 0 Å². The van der Waals surface area contributed by atoms with E-state index in [1.165, 1.54) is 13.3 Å². The molecule has 0 saturated heterocycles. The van der Waals surface area contributed by atoms with E-state index in [2.05, 4.69) is 10.5 Å². The number of ether oxygens (including phenoxy) is 1. The van der Waals surface area contributed by atoms with Gasteiger partial charge in [-0.3, -0.25) is 4.79 Å². The van der Waals surface area contributed by atoms with Crippen molar-refractivity contribution < 1.29 is 9.53 Å². The Morgan fingerprint density at radius 2 is 2.40 bits per heavy atom. The Kier molecular flexibility index (Phi) is 1.91. The first-order valence-electron chi connectivity index (χ1n) is 2.48. The molecule has 0 fully saturated rings. The number of nitrogens with zero attached hydrogens (tertiary/aromatic N) is 2. The zero-order valence-electron chi connectivity index (χ0n) is 5.17. The number of carbonyl (C=O) groups is 1. The van der Waals surface area contributed by atoms with Gasteiger partial charge in [-0.25, -0.2) is 0 Å². The number of rotatable bonds is 1. The van der Waals surface area contributed by atoms with Crippen LogP contribution in [0.15, 0.2) is 15.9 Å². The van der Waals surface area contributed by atoms with Crippen molar-refractivity contribution in [1.29, 1.82) is 0 Å². The molecule has 0 atom stereocenters. The molecule has 53 valence electrons. The van der Waals surface area contributed by atoms with E-state index in [1.807, 2.05) is 0 Å². The van der Waals surface area contributed by atoms with Gasteiger partial charge in [0.25, 0.3) is 0 Å². The van der Waals surface area contributed by atoms with E-state index >= 15 is 0 Å². The lowest BCUT2D eigenvalue weighted by atomic mass is 10.4. The van der Waals surface area contributed by atoms with Gasteiger partial charge in [0.05, 0.1) is 13.3 Å². The van der Waals surface area contributed by atoms with E-state index in [4.69, 9.17) is 16.3 Å². The minimum absolute atomic E-state index is 0.0301. The first-order chi connectivity index (χ1) is 4.75. The standard InChI is InChI=1S/C5H4ClN2O2/c1-10-3-2-7-8-5(9)4(3)6/h2H,1H3. The summed E-state index contributed by atoms with van der Waals surface area (Å²) in [4.78, 5) is 10.6. The van der Waals surface area contributed by atoms with Crippen LogP contribution in [-0.4, -0.2) is 19.2 Å².